The molecule has 4 rings (SSSR count). The normalized spacial score (nSPS) is 28.6. The summed E-state index contributed by atoms with van der Waals surface area (Å²) in [6, 6.07) is 4.19. The number of rotatable bonds is 5. The third-order valence-corrected chi connectivity index (χ3v) is 6.52. The fourth-order valence-corrected chi connectivity index (χ4v) is 5.45. The maximum atomic E-state index is 13.4. The highest BCUT2D eigenvalue weighted by molar-refractivity contribution is 6.31. The summed E-state index contributed by atoms with van der Waals surface area (Å²) in [7, 11) is 0. The van der Waals surface area contributed by atoms with Crippen LogP contribution in [0.15, 0.2) is 18.2 Å². The van der Waals surface area contributed by atoms with E-state index in [4.69, 9.17) is 11.6 Å². The fourth-order valence-electron chi connectivity index (χ4n) is 5.23. The fraction of sp³-hybridized carbons (Fsp3) is 0.650. The van der Waals surface area contributed by atoms with E-state index in [0.29, 0.717) is 12.0 Å². The molecule has 0 radical (unpaired) electrons. The van der Waals surface area contributed by atoms with Crippen LogP contribution in [-0.2, 0) is 0 Å². The lowest BCUT2D eigenvalue weighted by molar-refractivity contribution is -0.206. The van der Waals surface area contributed by atoms with Gasteiger partial charge in [0.15, 0.2) is 0 Å². The standard InChI is InChI=1S/C20H24ClF3N2O/c21-14-3-13(4-15(22)5-14)18(27)26-17-2-1-16(6-17)25-9-12-7-19(8-12)10-20(23,24)11-19/h3-5,12,16-17,25H,1-2,6-11H2,(H,26,27)/t16-,17-/m0/s1. The topological polar surface area (TPSA) is 41.1 Å². The average molecular weight is 401 g/mol. The van der Waals surface area contributed by atoms with Gasteiger partial charge in [0, 0.05) is 35.5 Å². The highest BCUT2D eigenvalue weighted by Crippen LogP contribution is 2.64. The van der Waals surface area contributed by atoms with Crippen molar-refractivity contribution in [2.45, 2.75) is 63.0 Å². The molecule has 1 amide bonds. The summed E-state index contributed by atoms with van der Waals surface area (Å²) in [6.45, 7) is 0.859. The minimum absolute atomic E-state index is 0.0510. The Morgan fingerprint density at radius 1 is 1.15 bits per heavy atom. The van der Waals surface area contributed by atoms with Crippen LogP contribution < -0.4 is 10.6 Å². The van der Waals surface area contributed by atoms with Gasteiger partial charge in [-0.25, -0.2) is 13.2 Å². The summed E-state index contributed by atoms with van der Waals surface area (Å²) in [6.07, 6.45) is 4.60. The van der Waals surface area contributed by atoms with E-state index in [-0.39, 0.29) is 40.8 Å². The number of alkyl halides is 2. The quantitative estimate of drug-likeness (QED) is 0.761. The van der Waals surface area contributed by atoms with E-state index < -0.39 is 11.7 Å². The molecule has 2 N–H and O–H groups in total. The summed E-state index contributed by atoms with van der Waals surface area (Å²) in [5.74, 6) is -2.78. The van der Waals surface area contributed by atoms with Gasteiger partial charge in [-0.1, -0.05) is 11.6 Å². The summed E-state index contributed by atoms with van der Waals surface area (Å²) in [5.41, 5.74) is 0.155. The Labute approximate surface area is 162 Å². The van der Waals surface area contributed by atoms with E-state index in [1.807, 2.05) is 0 Å². The summed E-state index contributed by atoms with van der Waals surface area (Å²) in [5, 5.41) is 6.68. The average Bonchev–Trinajstić information content (AvgIpc) is 2.95. The van der Waals surface area contributed by atoms with Gasteiger partial charge in [0.2, 0.25) is 5.92 Å². The van der Waals surface area contributed by atoms with Crippen LogP contribution in [0, 0.1) is 17.2 Å². The van der Waals surface area contributed by atoms with E-state index in [9.17, 15) is 18.0 Å². The van der Waals surface area contributed by atoms with Crippen LogP contribution in [0.4, 0.5) is 13.2 Å². The molecule has 3 aliphatic rings. The smallest absolute Gasteiger partial charge is 0.251 e. The van der Waals surface area contributed by atoms with Gasteiger partial charge in [-0.15, -0.1) is 0 Å². The van der Waals surface area contributed by atoms with Crippen molar-refractivity contribution in [1.29, 1.82) is 0 Å². The van der Waals surface area contributed by atoms with E-state index >= 15 is 0 Å². The molecule has 1 aromatic rings. The minimum atomic E-state index is -2.43. The Bertz CT molecular complexity index is 706. The predicted octanol–water partition coefficient (Wildman–Crippen LogP) is 4.55. The Hall–Kier alpha value is -1.27. The Balaban J connectivity index is 1.18. The first-order chi connectivity index (χ1) is 12.7. The zero-order chi connectivity index (χ0) is 19.2. The van der Waals surface area contributed by atoms with Gasteiger partial charge in [-0.2, -0.15) is 0 Å². The third-order valence-electron chi connectivity index (χ3n) is 6.30. The van der Waals surface area contributed by atoms with Gasteiger partial charge in [0.1, 0.15) is 5.82 Å². The van der Waals surface area contributed by atoms with Crippen LogP contribution in [0.2, 0.25) is 5.02 Å². The Morgan fingerprint density at radius 3 is 2.52 bits per heavy atom. The molecule has 27 heavy (non-hydrogen) atoms. The van der Waals surface area contributed by atoms with Crippen molar-refractivity contribution < 1.29 is 18.0 Å². The van der Waals surface area contributed by atoms with Gasteiger partial charge >= 0.3 is 0 Å². The first kappa shape index (κ1) is 19.1. The number of benzene rings is 1. The third kappa shape index (κ3) is 4.27. The van der Waals surface area contributed by atoms with Gasteiger partial charge < -0.3 is 10.6 Å². The first-order valence-electron chi connectivity index (χ1n) is 9.60. The van der Waals surface area contributed by atoms with Gasteiger partial charge in [-0.05, 0) is 68.2 Å². The number of nitrogens with one attached hydrogen (secondary N) is 2. The number of hydrogen-bond donors (Lipinski definition) is 2. The van der Waals surface area contributed by atoms with Crippen LogP contribution in [0.1, 0.15) is 55.3 Å². The van der Waals surface area contributed by atoms with Crippen LogP contribution >= 0.6 is 11.6 Å². The van der Waals surface area contributed by atoms with Crippen molar-refractivity contribution in [3.63, 3.8) is 0 Å². The molecular formula is C20H24ClF3N2O. The van der Waals surface area contributed by atoms with Gasteiger partial charge in [-0.3, -0.25) is 4.79 Å². The first-order valence-corrected chi connectivity index (χ1v) is 9.98. The lowest BCUT2D eigenvalue weighted by Gasteiger charge is -2.57. The molecule has 2 atom stereocenters. The maximum Gasteiger partial charge on any atom is 0.251 e. The minimum Gasteiger partial charge on any atom is -0.349 e. The largest absolute Gasteiger partial charge is 0.349 e. The molecule has 148 valence electrons. The van der Waals surface area contributed by atoms with E-state index in [0.717, 1.165) is 38.6 Å². The molecule has 0 heterocycles. The molecule has 3 fully saturated rings. The zero-order valence-electron chi connectivity index (χ0n) is 15.0. The molecule has 7 heteroatoms. The van der Waals surface area contributed by atoms with Crippen molar-refractivity contribution in [3.05, 3.63) is 34.6 Å². The highest BCUT2D eigenvalue weighted by Gasteiger charge is 2.61. The molecule has 1 spiro atoms. The van der Waals surface area contributed by atoms with Crippen LogP contribution in [0.3, 0.4) is 0 Å². The molecule has 0 unspecified atom stereocenters. The lowest BCUT2D eigenvalue weighted by Crippen LogP contribution is -2.55. The van der Waals surface area contributed by atoms with Crippen molar-refractivity contribution in [2.75, 3.05) is 6.54 Å². The number of carbonyl (C=O) groups is 1. The number of halogens is 4. The summed E-state index contributed by atoms with van der Waals surface area (Å²) < 4.78 is 39.5. The van der Waals surface area contributed by atoms with Crippen molar-refractivity contribution >= 4 is 17.5 Å². The summed E-state index contributed by atoms with van der Waals surface area (Å²) >= 11 is 5.80. The molecule has 0 bridgehead atoms. The van der Waals surface area contributed by atoms with Crippen LogP contribution in [0.25, 0.3) is 0 Å². The number of carbonyl (C=O) groups excluding carboxylic acids is 1. The molecule has 3 nitrogen and oxygen atoms in total. The Morgan fingerprint density at radius 2 is 1.85 bits per heavy atom. The molecule has 3 saturated carbocycles. The molecule has 3 aliphatic carbocycles. The molecule has 0 aromatic heterocycles. The van der Waals surface area contributed by atoms with E-state index in [2.05, 4.69) is 10.6 Å². The number of hydrogen-bond acceptors (Lipinski definition) is 2. The summed E-state index contributed by atoms with van der Waals surface area (Å²) in [4.78, 5) is 12.3. The van der Waals surface area contributed by atoms with Crippen LogP contribution in [0.5, 0.6) is 0 Å². The monoisotopic (exact) mass is 400 g/mol. The zero-order valence-corrected chi connectivity index (χ0v) is 15.8. The van der Waals surface area contributed by atoms with Crippen molar-refractivity contribution in [3.8, 4) is 0 Å². The maximum absolute atomic E-state index is 13.4. The lowest BCUT2D eigenvalue weighted by atomic mass is 9.50. The van der Waals surface area contributed by atoms with Crippen molar-refractivity contribution in [2.24, 2.45) is 11.3 Å². The van der Waals surface area contributed by atoms with Crippen LogP contribution in [-0.4, -0.2) is 30.5 Å². The van der Waals surface area contributed by atoms with E-state index in [1.165, 1.54) is 18.2 Å². The second kappa shape index (κ2) is 6.96. The second-order valence-electron chi connectivity index (χ2n) is 8.73. The Kier molecular flexibility index (Phi) is 4.91. The predicted molar refractivity (Wildman–Crippen MR) is 97.6 cm³/mol. The highest BCUT2D eigenvalue weighted by atomic mass is 35.5. The SMILES string of the molecule is O=C(N[C@H]1CC[C@H](NCC2CC3(C2)CC(F)(F)C3)C1)c1cc(F)cc(Cl)c1. The van der Waals surface area contributed by atoms with Crippen molar-refractivity contribution in [1.82, 2.24) is 10.6 Å². The van der Waals surface area contributed by atoms with Gasteiger partial charge in [0.05, 0.1) is 0 Å². The molecule has 1 aromatic carbocycles. The van der Waals surface area contributed by atoms with E-state index in [1.54, 1.807) is 0 Å². The molecule has 0 saturated heterocycles. The number of amides is 1. The van der Waals surface area contributed by atoms with Gasteiger partial charge in [0.25, 0.3) is 5.91 Å². The second-order valence-corrected chi connectivity index (χ2v) is 9.17. The molecular weight excluding hydrogens is 377 g/mol. The molecule has 0 aliphatic heterocycles.